The highest BCUT2D eigenvalue weighted by atomic mass is 19.4. The second-order valence-electron chi connectivity index (χ2n) is 5.29. The van der Waals surface area contributed by atoms with Gasteiger partial charge in [-0.2, -0.15) is 13.2 Å². The number of nitrogens with one attached hydrogen (secondary N) is 2. The van der Waals surface area contributed by atoms with Gasteiger partial charge >= 0.3 is 6.18 Å². The number of alkyl halides is 3. The lowest BCUT2D eigenvalue weighted by Crippen LogP contribution is -2.23. The number of nitrogens with zero attached hydrogens (tertiary/aromatic N) is 2. The topological polar surface area (TPSA) is 40.2 Å². The number of halogens is 3. The summed E-state index contributed by atoms with van der Waals surface area (Å²) in [6, 6.07) is 2.12. The van der Waals surface area contributed by atoms with Crippen molar-refractivity contribution < 1.29 is 13.2 Å². The van der Waals surface area contributed by atoms with E-state index >= 15 is 0 Å². The number of anilines is 2. The van der Waals surface area contributed by atoms with Crippen LogP contribution in [-0.4, -0.2) is 43.1 Å². The van der Waals surface area contributed by atoms with Crippen LogP contribution in [0.3, 0.4) is 0 Å². The Morgan fingerprint density at radius 1 is 1.24 bits per heavy atom. The highest BCUT2D eigenvalue weighted by Crippen LogP contribution is 2.32. The monoisotopic (exact) mass is 304 g/mol. The smallest absolute Gasteiger partial charge is 0.370 e. The number of hydrogen-bond donors (Lipinski definition) is 2. The summed E-state index contributed by atoms with van der Waals surface area (Å²) in [7, 11) is 3.91. The second-order valence-corrected chi connectivity index (χ2v) is 5.29. The van der Waals surface area contributed by atoms with E-state index in [2.05, 4.69) is 15.6 Å². The summed E-state index contributed by atoms with van der Waals surface area (Å²) in [4.78, 5) is 6.20. The summed E-state index contributed by atoms with van der Waals surface area (Å²) in [6.45, 7) is 5.12. The quantitative estimate of drug-likeness (QED) is 0.811. The zero-order valence-corrected chi connectivity index (χ0v) is 12.9. The Balaban J connectivity index is 2.87. The fraction of sp³-hybridized carbons (Fsp3) is 0.643. The summed E-state index contributed by atoms with van der Waals surface area (Å²) in [5, 5.41) is 5.86. The number of rotatable bonds is 7. The van der Waals surface area contributed by atoms with Gasteiger partial charge in [-0.3, -0.25) is 0 Å². The normalized spacial score (nSPS) is 13.3. The average molecular weight is 304 g/mol. The third kappa shape index (κ3) is 6.20. The molecular weight excluding hydrogens is 281 g/mol. The summed E-state index contributed by atoms with van der Waals surface area (Å²) in [5.74, 6) is 0.474. The van der Waals surface area contributed by atoms with Crippen LogP contribution in [0.2, 0.25) is 0 Å². The summed E-state index contributed by atoms with van der Waals surface area (Å²) in [6.07, 6.45) is -3.56. The number of pyridine rings is 1. The molecule has 2 N–H and O–H groups in total. The molecule has 0 aliphatic carbocycles. The van der Waals surface area contributed by atoms with E-state index in [0.29, 0.717) is 6.54 Å². The van der Waals surface area contributed by atoms with E-state index in [1.165, 1.54) is 0 Å². The molecule has 21 heavy (non-hydrogen) atoms. The lowest BCUT2D eigenvalue weighted by atomic mass is 10.2. The minimum Gasteiger partial charge on any atom is -0.370 e. The van der Waals surface area contributed by atoms with Crippen LogP contribution in [0.25, 0.3) is 0 Å². The molecule has 0 spiro atoms. The van der Waals surface area contributed by atoms with Crippen LogP contribution < -0.4 is 10.6 Å². The van der Waals surface area contributed by atoms with Crippen molar-refractivity contribution in [3.05, 3.63) is 17.7 Å². The predicted molar refractivity (Wildman–Crippen MR) is 79.7 cm³/mol. The minimum atomic E-state index is -4.38. The van der Waals surface area contributed by atoms with Crippen molar-refractivity contribution in [3.63, 3.8) is 0 Å². The zero-order chi connectivity index (χ0) is 16.0. The molecule has 1 heterocycles. The van der Waals surface area contributed by atoms with E-state index in [1.54, 1.807) is 0 Å². The molecule has 0 aromatic carbocycles. The Kier molecular flexibility index (Phi) is 6.26. The van der Waals surface area contributed by atoms with Gasteiger partial charge in [0, 0.05) is 12.6 Å². The molecule has 0 saturated carbocycles. The lowest BCUT2D eigenvalue weighted by molar-refractivity contribution is -0.137. The summed E-state index contributed by atoms with van der Waals surface area (Å²) < 4.78 is 38.7. The largest absolute Gasteiger partial charge is 0.416 e. The van der Waals surface area contributed by atoms with Crippen molar-refractivity contribution in [2.45, 2.75) is 32.5 Å². The first-order chi connectivity index (χ1) is 9.72. The Hall–Kier alpha value is -1.50. The molecule has 120 valence electrons. The number of aromatic nitrogens is 1. The molecule has 0 radical (unpaired) electrons. The van der Waals surface area contributed by atoms with Crippen LogP contribution in [0.15, 0.2) is 12.1 Å². The zero-order valence-electron chi connectivity index (χ0n) is 12.9. The standard InChI is InChI=1S/C14H23F3N4/c1-5-18-12-8-11(14(15,16)17)9-13(20-12)19-10(2)6-7-21(3)4/h8-10H,5-7H2,1-4H3,(H2,18,19,20). The van der Waals surface area contributed by atoms with Crippen molar-refractivity contribution >= 4 is 11.6 Å². The Bertz CT molecular complexity index is 446. The molecule has 1 unspecified atom stereocenters. The van der Waals surface area contributed by atoms with Gasteiger partial charge in [-0.15, -0.1) is 0 Å². The Morgan fingerprint density at radius 2 is 1.86 bits per heavy atom. The highest BCUT2D eigenvalue weighted by Gasteiger charge is 2.31. The average Bonchev–Trinajstić information content (AvgIpc) is 2.35. The summed E-state index contributed by atoms with van der Waals surface area (Å²) in [5.41, 5.74) is -0.698. The summed E-state index contributed by atoms with van der Waals surface area (Å²) >= 11 is 0. The fourth-order valence-corrected chi connectivity index (χ4v) is 1.82. The van der Waals surface area contributed by atoms with E-state index < -0.39 is 11.7 Å². The number of hydrogen-bond acceptors (Lipinski definition) is 4. The van der Waals surface area contributed by atoms with Gasteiger partial charge in [0.05, 0.1) is 5.56 Å². The molecule has 0 fully saturated rings. The minimum absolute atomic E-state index is 0.0397. The fourth-order valence-electron chi connectivity index (χ4n) is 1.82. The van der Waals surface area contributed by atoms with E-state index in [1.807, 2.05) is 32.8 Å². The molecule has 1 aromatic heterocycles. The lowest BCUT2D eigenvalue weighted by Gasteiger charge is -2.19. The molecular formula is C14H23F3N4. The van der Waals surface area contributed by atoms with E-state index in [4.69, 9.17) is 0 Å². The highest BCUT2D eigenvalue weighted by molar-refractivity contribution is 5.50. The molecule has 0 bridgehead atoms. The molecule has 1 rings (SSSR count). The van der Waals surface area contributed by atoms with Gasteiger partial charge in [0.2, 0.25) is 0 Å². The van der Waals surface area contributed by atoms with Crippen molar-refractivity contribution in [1.29, 1.82) is 0 Å². The van der Waals surface area contributed by atoms with Crippen LogP contribution >= 0.6 is 0 Å². The molecule has 1 atom stereocenters. The van der Waals surface area contributed by atoms with Gasteiger partial charge < -0.3 is 15.5 Å². The van der Waals surface area contributed by atoms with Crippen molar-refractivity contribution in [1.82, 2.24) is 9.88 Å². The van der Waals surface area contributed by atoms with Crippen molar-refractivity contribution in [3.8, 4) is 0 Å². The van der Waals surface area contributed by atoms with Crippen LogP contribution in [0, 0.1) is 0 Å². The molecule has 4 nitrogen and oxygen atoms in total. The molecule has 7 heteroatoms. The first kappa shape index (κ1) is 17.6. The van der Waals surface area contributed by atoms with Gasteiger partial charge in [-0.05, 0) is 53.0 Å². The van der Waals surface area contributed by atoms with Crippen molar-refractivity contribution in [2.75, 3.05) is 37.8 Å². The van der Waals surface area contributed by atoms with E-state index in [-0.39, 0.29) is 17.7 Å². The molecule has 0 amide bonds. The first-order valence-electron chi connectivity index (χ1n) is 6.96. The Morgan fingerprint density at radius 3 is 2.38 bits per heavy atom. The molecule has 0 saturated heterocycles. The van der Waals surface area contributed by atoms with Crippen LogP contribution in [-0.2, 0) is 6.18 Å². The first-order valence-corrected chi connectivity index (χ1v) is 6.96. The van der Waals surface area contributed by atoms with Crippen LogP contribution in [0.5, 0.6) is 0 Å². The van der Waals surface area contributed by atoms with Gasteiger partial charge in [-0.25, -0.2) is 4.98 Å². The van der Waals surface area contributed by atoms with Gasteiger partial charge in [-0.1, -0.05) is 0 Å². The maximum Gasteiger partial charge on any atom is 0.416 e. The van der Waals surface area contributed by atoms with Gasteiger partial charge in [0.25, 0.3) is 0 Å². The Labute approximate surface area is 123 Å². The second kappa shape index (κ2) is 7.49. The third-order valence-corrected chi connectivity index (χ3v) is 2.91. The maximum atomic E-state index is 12.9. The van der Waals surface area contributed by atoms with E-state index in [9.17, 15) is 13.2 Å². The molecule has 1 aromatic rings. The van der Waals surface area contributed by atoms with E-state index in [0.717, 1.165) is 25.1 Å². The third-order valence-electron chi connectivity index (χ3n) is 2.91. The SMILES string of the molecule is CCNc1cc(C(F)(F)F)cc(NC(C)CCN(C)C)n1. The van der Waals surface area contributed by atoms with Gasteiger partial charge in [0.1, 0.15) is 11.6 Å². The van der Waals surface area contributed by atoms with Crippen LogP contribution in [0.4, 0.5) is 24.8 Å². The molecule has 0 aliphatic heterocycles. The predicted octanol–water partition coefficient (Wildman–Crippen LogP) is 3.28. The van der Waals surface area contributed by atoms with Gasteiger partial charge in [0.15, 0.2) is 0 Å². The molecule has 0 aliphatic rings. The van der Waals surface area contributed by atoms with Crippen LogP contribution in [0.1, 0.15) is 25.8 Å². The maximum absolute atomic E-state index is 12.9. The van der Waals surface area contributed by atoms with Crippen molar-refractivity contribution in [2.24, 2.45) is 0 Å².